The van der Waals surface area contributed by atoms with Gasteiger partial charge < -0.3 is 10.1 Å². The highest BCUT2D eigenvalue weighted by Crippen LogP contribution is 2.21. The number of rotatable bonds is 7. The second-order valence-electron chi connectivity index (χ2n) is 5.19. The molecule has 2 heteroatoms. The lowest BCUT2D eigenvalue weighted by molar-refractivity contribution is 0.180. The summed E-state index contributed by atoms with van der Waals surface area (Å²) >= 11 is 0. The Balaban J connectivity index is 2.22. The van der Waals surface area contributed by atoms with Crippen LogP contribution in [0.25, 0.3) is 0 Å². The lowest BCUT2D eigenvalue weighted by Gasteiger charge is -2.21. The Bertz CT molecular complexity index is 153. The van der Waals surface area contributed by atoms with E-state index in [1.165, 1.54) is 25.7 Å². The van der Waals surface area contributed by atoms with E-state index in [1.807, 2.05) is 0 Å². The van der Waals surface area contributed by atoms with Crippen molar-refractivity contribution in [3.05, 3.63) is 0 Å². The van der Waals surface area contributed by atoms with Crippen molar-refractivity contribution in [2.75, 3.05) is 19.8 Å². The Morgan fingerprint density at radius 3 is 2.67 bits per heavy atom. The van der Waals surface area contributed by atoms with Gasteiger partial charge >= 0.3 is 0 Å². The Labute approximate surface area is 94.8 Å². The summed E-state index contributed by atoms with van der Waals surface area (Å²) in [4.78, 5) is 0. The second-order valence-corrected chi connectivity index (χ2v) is 5.19. The minimum Gasteiger partial charge on any atom is -0.381 e. The van der Waals surface area contributed by atoms with E-state index >= 15 is 0 Å². The largest absolute Gasteiger partial charge is 0.381 e. The fourth-order valence-electron chi connectivity index (χ4n) is 2.30. The maximum absolute atomic E-state index is 5.43. The van der Waals surface area contributed by atoms with E-state index in [1.54, 1.807) is 0 Å². The molecule has 0 aromatic carbocycles. The zero-order chi connectivity index (χ0) is 11.1. The summed E-state index contributed by atoms with van der Waals surface area (Å²) in [6, 6.07) is 0.712. The standard InChI is InChI=1S/C13H27NO/c1-4-14-13(6-5-11(2)3)9-12-7-8-15-10-12/h11-14H,4-10H2,1-3H3. The monoisotopic (exact) mass is 213 g/mol. The Hall–Kier alpha value is -0.0800. The molecule has 0 aromatic heterocycles. The highest BCUT2D eigenvalue weighted by molar-refractivity contribution is 4.74. The van der Waals surface area contributed by atoms with Crippen molar-refractivity contribution in [2.45, 2.75) is 52.5 Å². The van der Waals surface area contributed by atoms with Gasteiger partial charge in [-0.05, 0) is 44.1 Å². The van der Waals surface area contributed by atoms with Crippen LogP contribution in [0.5, 0.6) is 0 Å². The van der Waals surface area contributed by atoms with Crippen LogP contribution >= 0.6 is 0 Å². The first-order valence-corrected chi connectivity index (χ1v) is 6.53. The molecular weight excluding hydrogens is 186 g/mol. The minimum absolute atomic E-state index is 0.712. The summed E-state index contributed by atoms with van der Waals surface area (Å²) < 4.78 is 5.43. The molecule has 0 bridgehead atoms. The van der Waals surface area contributed by atoms with E-state index in [0.29, 0.717) is 6.04 Å². The molecule has 1 N–H and O–H groups in total. The third kappa shape index (κ3) is 5.53. The molecule has 15 heavy (non-hydrogen) atoms. The lowest BCUT2D eigenvalue weighted by atomic mass is 9.94. The van der Waals surface area contributed by atoms with Crippen LogP contribution in [-0.4, -0.2) is 25.8 Å². The number of hydrogen-bond acceptors (Lipinski definition) is 2. The molecule has 1 fully saturated rings. The van der Waals surface area contributed by atoms with Crippen molar-refractivity contribution in [3.63, 3.8) is 0 Å². The lowest BCUT2D eigenvalue weighted by Crippen LogP contribution is -2.31. The van der Waals surface area contributed by atoms with Crippen LogP contribution in [0.1, 0.15) is 46.5 Å². The van der Waals surface area contributed by atoms with Crippen LogP contribution in [0.3, 0.4) is 0 Å². The quantitative estimate of drug-likeness (QED) is 0.702. The fourth-order valence-corrected chi connectivity index (χ4v) is 2.30. The molecule has 1 aliphatic rings. The van der Waals surface area contributed by atoms with Crippen LogP contribution in [0.4, 0.5) is 0 Å². The predicted octanol–water partition coefficient (Wildman–Crippen LogP) is 2.83. The molecule has 1 saturated heterocycles. The third-order valence-electron chi connectivity index (χ3n) is 3.23. The molecule has 1 heterocycles. The van der Waals surface area contributed by atoms with Crippen molar-refractivity contribution in [1.82, 2.24) is 5.32 Å². The Morgan fingerprint density at radius 2 is 2.13 bits per heavy atom. The highest BCUT2D eigenvalue weighted by atomic mass is 16.5. The summed E-state index contributed by atoms with van der Waals surface area (Å²) in [6.45, 7) is 9.88. The minimum atomic E-state index is 0.712. The number of hydrogen-bond donors (Lipinski definition) is 1. The second kappa shape index (κ2) is 7.24. The molecule has 1 aliphatic heterocycles. The van der Waals surface area contributed by atoms with Crippen LogP contribution in [0, 0.1) is 11.8 Å². The van der Waals surface area contributed by atoms with Crippen LogP contribution < -0.4 is 5.32 Å². The van der Waals surface area contributed by atoms with Crippen molar-refractivity contribution in [1.29, 1.82) is 0 Å². The van der Waals surface area contributed by atoms with Gasteiger partial charge in [-0.1, -0.05) is 20.8 Å². The van der Waals surface area contributed by atoms with Crippen molar-refractivity contribution in [2.24, 2.45) is 11.8 Å². The molecule has 2 nitrogen and oxygen atoms in total. The van der Waals surface area contributed by atoms with Crippen LogP contribution in [0.2, 0.25) is 0 Å². The summed E-state index contributed by atoms with van der Waals surface area (Å²) in [6.07, 6.45) is 5.23. The third-order valence-corrected chi connectivity index (χ3v) is 3.23. The molecule has 0 spiro atoms. The molecule has 0 saturated carbocycles. The highest BCUT2D eigenvalue weighted by Gasteiger charge is 2.20. The first-order chi connectivity index (χ1) is 7.22. The van der Waals surface area contributed by atoms with Crippen molar-refractivity contribution < 1.29 is 4.74 Å². The topological polar surface area (TPSA) is 21.3 Å². The van der Waals surface area contributed by atoms with Gasteiger partial charge in [-0.15, -0.1) is 0 Å². The first-order valence-electron chi connectivity index (χ1n) is 6.53. The zero-order valence-corrected chi connectivity index (χ0v) is 10.6. The van der Waals surface area contributed by atoms with E-state index in [9.17, 15) is 0 Å². The van der Waals surface area contributed by atoms with Gasteiger partial charge in [0.25, 0.3) is 0 Å². The predicted molar refractivity (Wildman–Crippen MR) is 65.1 cm³/mol. The van der Waals surface area contributed by atoms with Gasteiger partial charge in [-0.25, -0.2) is 0 Å². The van der Waals surface area contributed by atoms with Gasteiger partial charge in [0.15, 0.2) is 0 Å². The Kier molecular flexibility index (Phi) is 6.26. The van der Waals surface area contributed by atoms with Gasteiger partial charge in [-0.3, -0.25) is 0 Å². The molecule has 90 valence electrons. The van der Waals surface area contributed by atoms with E-state index in [0.717, 1.165) is 31.6 Å². The molecule has 2 unspecified atom stereocenters. The van der Waals surface area contributed by atoms with E-state index < -0.39 is 0 Å². The molecular formula is C13H27NO. The van der Waals surface area contributed by atoms with Gasteiger partial charge in [0.1, 0.15) is 0 Å². The van der Waals surface area contributed by atoms with Gasteiger partial charge in [0, 0.05) is 19.3 Å². The van der Waals surface area contributed by atoms with E-state index in [2.05, 4.69) is 26.1 Å². The molecule has 1 rings (SSSR count). The first kappa shape index (κ1) is 13.0. The Morgan fingerprint density at radius 1 is 1.33 bits per heavy atom. The molecule has 2 atom stereocenters. The van der Waals surface area contributed by atoms with Crippen LogP contribution in [0.15, 0.2) is 0 Å². The summed E-state index contributed by atoms with van der Waals surface area (Å²) in [7, 11) is 0. The van der Waals surface area contributed by atoms with Gasteiger partial charge in [-0.2, -0.15) is 0 Å². The molecule has 0 aromatic rings. The maximum atomic E-state index is 5.43. The summed E-state index contributed by atoms with van der Waals surface area (Å²) in [5.41, 5.74) is 0. The summed E-state index contributed by atoms with van der Waals surface area (Å²) in [5, 5.41) is 3.61. The maximum Gasteiger partial charge on any atom is 0.0495 e. The van der Waals surface area contributed by atoms with E-state index in [4.69, 9.17) is 4.74 Å². The molecule has 0 radical (unpaired) electrons. The number of nitrogens with one attached hydrogen (secondary N) is 1. The number of ether oxygens (including phenoxy) is 1. The normalized spacial score (nSPS) is 23.6. The van der Waals surface area contributed by atoms with Crippen molar-refractivity contribution in [3.8, 4) is 0 Å². The molecule has 0 amide bonds. The average molecular weight is 213 g/mol. The smallest absolute Gasteiger partial charge is 0.0495 e. The van der Waals surface area contributed by atoms with Gasteiger partial charge in [0.2, 0.25) is 0 Å². The van der Waals surface area contributed by atoms with Crippen molar-refractivity contribution >= 4 is 0 Å². The average Bonchev–Trinajstić information content (AvgIpc) is 2.67. The SMILES string of the molecule is CCNC(CCC(C)C)CC1CCOC1. The van der Waals surface area contributed by atoms with Gasteiger partial charge in [0.05, 0.1) is 0 Å². The zero-order valence-electron chi connectivity index (χ0n) is 10.6. The van der Waals surface area contributed by atoms with Crippen LogP contribution in [-0.2, 0) is 4.74 Å². The fraction of sp³-hybridized carbons (Fsp3) is 1.00. The summed E-state index contributed by atoms with van der Waals surface area (Å²) in [5.74, 6) is 1.63. The van der Waals surface area contributed by atoms with E-state index in [-0.39, 0.29) is 0 Å². The molecule has 0 aliphatic carbocycles.